The van der Waals surface area contributed by atoms with E-state index in [2.05, 4.69) is 5.32 Å². The Balaban J connectivity index is 2.09. The van der Waals surface area contributed by atoms with Crippen LogP contribution in [0.25, 0.3) is 0 Å². The lowest BCUT2D eigenvalue weighted by atomic mass is 10.0. The van der Waals surface area contributed by atoms with Crippen LogP contribution in [-0.4, -0.2) is 47.4 Å². The molecule has 2 aromatic rings. The summed E-state index contributed by atoms with van der Waals surface area (Å²) in [7, 11) is 1.10. The number of amides is 4. The second kappa shape index (κ2) is 11.4. The van der Waals surface area contributed by atoms with Gasteiger partial charge in [-0.25, -0.2) is 18.6 Å². The molecule has 0 saturated carbocycles. The quantitative estimate of drug-likeness (QED) is 0.425. The summed E-state index contributed by atoms with van der Waals surface area (Å²) >= 11 is 0. The van der Waals surface area contributed by atoms with E-state index in [1.165, 1.54) is 19.1 Å². The summed E-state index contributed by atoms with van der Waals surface area (Å²) < 4.78 is 66.9. The summed E-state index contributed by atoms with van der Waals surface area (Å²) in [5.74, 6) is -3.52. The number of carbonyl (C=O) groups excluding carboxylic acids is 3. The van der Waals surface area contributed by atoms with Crippen LogP contribution in [0.15, 0.2) is 36.4 Å². The molecule has 12 heteroatoms. The van der Waals surface area contributed by atoms with Gasteiger partial charge in [-0.05, 0) is 58.0 Å². The maximum Gasteiger partial charge on any atom is 0.416 e. The van der Waals surface area contributed by atoms with Crippen LogP contribution in [0, 0.1) is 11.6 Å². The van der Waals surface area contributed by atoms with Crippen LogP contribution >= 0.6 is 0 Å². The Morgan fingerprint density at radius 1 is 0.972 bits per heavy atom. The molecule has 0 radical (unpaired) electrons. The Kier molecular flexibility index (Phi) is 9.00. The molecule has 0 bridgehead atoms. The van der Waals surface area contributed by atoms with E-state index in [4.69, 9.17) is 0 Å². The summed E-state index contributed by atoms with van der Waals surface area (Å²) in [5.41, 5.74) is 0.226. The second-order valence-corrected chi connectivity index (χ2v) is 8.32. The SMILES string of the molecule is CCN(C(=O)c1ccc([C@@H](C)NC(=O)N(C)NC(=O)c2cc(F)cc(C(F)(F)F)c2)c(F)c1)C(C)C. The van der Waals surface area contributed by atoms with E-state index in [0.717, 1.165) is 13.1 Å². The highest BCUT2D eigenvalue weighted by Gasteiger charge is 2.32. The highest BCUT2D eigenvalue weighted by atomic mass is 19.4. The van der Waals surface area contributed by atoms with E-state index < -0.39 is 46.9 Å². The van der Waals surface area contributed by atoms with Gasteiger partial charge in [0.05, 0.1) is 11.6 Å². The Bertz CT molecular complexity index is 1140. The fourth-order valence-corrected chi connectivity index (χ4v) is 3.43. The molecule has 0 heterocycles. The van der Waals surface area contributed by atoms with Crippen molar-refractivity contribution in [2.75, 3.05) is 13.6 Å². The molecule has 0 aliphatic carbocycles. The number of urea groups is 1. The van der Waals surface area contributed by atoms with E-state index in [1.807, 2.05) is 19.3 Å². The number of carbonyl (C=O) groups is 3. The molecule has 7 nitrogen and oxygen atoms in total. The normalized spacial score (nSPS) is 12.2. The van der Waals surface area contributed by atoms with Gasteiger partial charge in [0, 0.05) is 36.3 Å². The summed E-state index contributed by atoms with van der Waals surface area (Å²) in [5, 5.41) is 3.06. The first kappa shape index (κ1) is 28.5. The van der Waals surface area contributed by atoms with Gasteiger partial charge in [0.15, 0.2) is 0 Å². The molecule has 0 fully saturated rings. The highest BCUT2D eigenvalue weighted by Crippen LogP contribution is 2.30. The van der Waals surface area contributed by atoms with Crippen LogP contribution in [-0.2, 0) is 6.18 Å². The number of benzene rings is 2. The van der Waals surface area contributed by atoms with E-state index in [0.29, 0.717) is 23.7 Å². The van der Waals surface area contributed by atoms with Crippen molar-refractivity contribution in [2.45, 2.75) is 46.0 Å². The van der Waals surface area contributed by atoms with Crippen molar-refractivity contribution in [3.8, 4) is 0 Å². The Morgan fingerprint density at radius 2 is 1.61 bits per heavy atom. The van der Waals surface area contributed by atoms with E-state index >= 15 is 0 Å². The standard InChI is InChI=1S/C24H27F5N4O3/c1-6-33(13(2)3)22(35)15-7-8-19(20(26)11-15)14(4)30-23(36)32(5)31-21(34)16-9-17(24(27,28)29)12-18(25)10-16/h7-14H,6H2,1-5H3,(H,30,36)(H,31,34)/t14-/m1/s1. The van der Waals surface area contributed by atoms with Crippen molar-refractivity contribution >= 4 is 17.8 Å². The number of hydrogen-bond acceptors (Lipinski definition) is 3. The molecule has 0 saturated heterocycles. The van der Waals surface area contributed by atoms with Crippen molar-refractivity contribution in [1.82, 2.24) is 20.7 Å². The van der Waals surface area contributed by atoms with Crippen LogP contribution in [0.4, 0.5) is 26.7 Å². The first-order chi connectivity index (χ1) is 16.6. The smallest absolute Gasteiger partial charge is 0.337 e. The third kappa shape index (κ3) is 6.92. The van der Waals surface area contributed by atoms with Crippen LogP contribution in [0.1, 0.15) is 65.6 Å². The first-order valence-corrected chi connectivity index (χ1v) is 11.0. The van der Waals surface area contributed by atoms with Crippen molar-refractivity contribution in [2.24, 2.45) is 0 Å². The minimum atomic E-state index is -4.87. The lowest BCUT2D eigenvalue weighted by Gasteiger charge is -2.26. The monoisotopic (exact) mass is 514 g/mol. The molecular weight excluding hydrogens is 487 g/mol. The van der Waals surface area contributed by atoms with Crippen LogP contribution < -0.4 is 10.7 Å². The zero-order chi connectivity index (χ0) is 27.4. The molecule has 0 aromatic heterocycles. The largest absolute Gasteiger partial charge is 0.416 e. The Hall–Kier alpha value is -3.70. The average molecular weight is 514 g/mol. The molecule has 0 aliphatic heterocycles. The van der Waals surface area contributed by atoms with Gasteiger partial charge >= 0.3 is 12.2 Å². The summed E-state index contributed by atoms with van der Waals surface area (Å²) in [4.78, 5) is 38.9. The maximum absolute atomic E-state index is 14.8. The van der Waals surface area contributed by atoms with Gasteiger partial charge in [0.25, 0.3) is 11.8 Å². The molecule has 196 valence electrons. The predicted molar refractivity (Wildman–Crippen MR) is 122 cm³/mol. The van der Waals surface area contributed by atoms with Crippen molar-refractivity contribution < 1.29 is 36.3 Å². The summed E-state index contributed by atoms with van der Waals surface area (Å²) in [6.45, 7) is 7.38. The summed E-state index contributed by atoms with van der Waals surface area (Å²) in [6.07, 6.45) is -4.87. The molecule has 0 aliphatic rings. The number of rotatable bonds is 6. The van der Waals surface area contributed by atoms with Gasteiger partial charge < -0.3 is 10.2 Å². The van der Waals surface area contributed by atoms with Crippen molar-refractivity contribution in [1.29, 1.82) is 0 Å². The second-order valence-electron chi connectivity index (χ2n) is 8.32. The molecule has 2 rings (SSSR count). The zero-order valence-electron chi connectivity index (χ0n) is 20.3. The summed E-state index contributed by atoms with van der Waals surface area (Å²) in [6, 6.07) is 3.23. The minimum Gasteiger partial charge on any atom is -0.337 e. The van der Waals surface area contributed by atoms with Crippen molar-refractivity contribution in [3.63, 3.8) is 0 Å². The molecule has 2 N–H and O–H groups in total. The topological polar surface area (TPSA) is 81.8 Å². The fraction of sp³-hybridized carbons (Fsp3) is 0.375. The van der Waals surface area contributed by atoms with Gasteiger partial charge in [0.1, 0.15) is 11.6 Å². The van der Waals surface area contributed by atoms with Crippen LogP contribution in [0.5, 0.6) is 0 Å². The van der Waals surface area contributed by atoms with Gasteiger partial charge in [-0.2, -0.15) is 13.2 Å². The van der Waals surface area contributed by atoms with Crippen LogP contribution in [0.2, 0.25) is 0 Å². The number of nitrogens with zero attached hydrogens (tertiary/aromatic N) is 2. The molecule has 0 spiro atoms. The number of hydrogen-bond donors (Lipinski definition) is 2. The number of nitrogens with one attached hydrogen (secondary N) is 2. The lowest BCUT2D eigenvalue weighted by Crippen LogP contribution is -2.48. The molecule has 0 unspecified atom stereocenters. The lowest BCUT2D eigenvalue weighted by molar-refractivity contribution is -0.137. The van der Waals surface area contributed by atoms with Crippen LogP contribution in [0.3, 0.4) is 0 Å². The first-order valence-electron chi connectivity index (χ1n) is 11.0. The Morgan fingerprint density at radius 3 is 2.14 bits per heavy atom. The third-order valence-electron chi connectivity index (χ3n) is 5.34. The zero-order valence-corrected chi connectivity index (χ0v) is 20.3. The van der Waals surface area contributed by atoms with Crippen molar-refractivity contribution in [3.05, 3.63) is 70.3 Å². The van der Waals surface area contributed by atoms with E-state index in [1.54, 1.807) is 11.8 Å². The van der Waals surface area contributed by atoms with Gasteiger partial charge in [-0.3, -0.25) is 15.0 Å². The fourth-order valence-electron chi connectivity index (χ4n) is 3.43. The predicted octanol–water partition coefficient (Wildman–Crippen LogP) is 4.90. The van der Waals surface area contributed by atoms with Gasteiger partial charge in [-0.1, -0.05) is 6.07 Å². The number of alkyl halides is 3. The van der Waals surface area contributed by atoms with Gasteiger partial charge in [-0.15, -0.1) is 0 Å². The Labute approximate surface area is 205 Å². The third-order valence-corrected chi connectivity index (χ3v) is 5.34. The average Bonchev–Trinajstić information content (AvgIpc) is 2.77. The molecular formula is C24H27F5N4O3. The van der Waals surface area contributed by atoms with Gasteiger partial charge in [0.2, 0.25) is 0 Å². The number of halogens is 5. The highest BCUT2D eigenvalue weighted by molar-refractivity contribution is 5.95. The molecule has 36 heavy (non-hydrogen) atoms. The molecule has 1 atom stereocenters. The molecule has 4 amide bonds. The minimum absolute atomic E-state index is 0.0622. The van der Waals surface area contributed by atoms with E-state index in [9.17, 15) is 36.3 Å². The molecule has 2 aromatic carbocycles. The van der Waals surface area contributed by atoms with E-state index in [-0.39, 0.29) is 29.1 Å². The maximum atomic E-state index is 14.8. The number of hydrazine groups is 1.